The molecule has 1 aromatic rings. The first-order valence-corrected chi connectivity index (χ1v) is 5.27. The zero-order valence-electron chi connectivity index (χ0n) is 9.33. The highest BCUT2D eigenvalue weighted by molar-refractivity contribution is 5.69. The van der Waals surface area contributed by atoms with Crippen LogP contribution in [0.25, 0.3) is 0 Å². The summed E-state index contributed by atoms with van der Waals surface area (Å²) in [6.07, 6.45) is 4.15. The maximum atomic E-state index is 11.7. The molecule has 2 rings (SSSR count). The summed E-state index contributed by atoms with van der Waals surface area (Å²) in [6, 6.07) is 7.56. The van der Waals surface area contributed by atoms with Crippen LogP contribution in [0.1, 0.15) is 5.56 Å². The van der Waals surface area contributed by atoms with Crippen LogP contribution in [0.2, 0.25) is 0 Å². The van der Waals surface area contributed by atoms with E-state index in [9.17, 15) is 4.79 Å². The van der Waals surface area contributed by atoms with Crippen molar-refractivity contribution < 1.29 is 14.3 Å². The van der Waals surface area contributed by atoms with Gasteiger partial charge in [0, 0.05) is 11.8 Å². The van der Waals surface area contributed by atoms with Gasteiger partial charge in [-0.25, -0.2) is 4.79 Å². The highest BCUT2D eigenvalue weighted by Gasteiger charge is 2.17. The number of amides is 1. The topological polar surface area (TPSA) is 38.8 Å². The minimum Gasteiger partial charge on any atom is -0.463 e. The first-order valence-electron chi connectivity index (χ1n) is 5.27. The number of rotatable bonds is 2. The van der Waals surface area contributed by atoms with Crippen molar-refractivity contribution in [3.05, 3.63) is 54.9 Å². The SMILES string of the molecule is C=CCOC(=O)N1C=COc2ccccc2C1. The first kappa shape index (κ1) is 11.3. The predicted octanol–water partition coefficient (Wildman–Crippen LogP) is 2.67. The smallest absolute Gasteiger partial charge is 0.414 e. The van der Waals surface area contributed by atoms with Gasteiger partial charge in [-0.05, 0) is 6.07 Å². The molecule has 1 heterocycles. The van der Waals surface area contributed by atoms with Crippen LogP contribution in [0.4, 0.5) is 4.79 Å². The third-order valence-electron chi connectivity index (χ3n) is 2.31. The van der Waals surface area contributed by atoms with E-state index in [4.69, 9.17) is 9.47 Å². The molecule has 0 aliphatic carbocycles. The number of hydrogen-bond donors (Lipinski definition) is 0. The zero-order valence-corrected chi connectivity index (χ0v) is 9.33. The average Bonchev–Trinajstić information content (AvgIpc) is 2.58. The lowest BCUT2D eigenvalue weighted by atomic mass is 10.2. The normalized spacial score (nSPS) is 13.3. The lowest BCUT2D eigenvalue weighted by Crippen LogP contribution is -2.25. The molecule has 0 bridgehead atoms. The summed E-state index contributed by atoms with van der Waals surface area (Å²) < 4.78 is 10.3. The van der Waals surface area contributed by atoms with Crippen molar-refractivity contribution in [1.82, 2.24) is 4.90 Å². The lowest BCUT2D eigenvalue weighted by Gasteiger charge is -2.15. The van der Waals surface area contributed by atoms with Gasteiger partial charge in [0.2, 0.25) is 0 Å². The predicted molar refractivity (Wildman–Crippen MR) is 63.3 cm³/mol. The molecule has 0 N–H and O–H groups in total. The van der Waals surface area contributed by atoms with Crippen LogP contribution in [-0.2, 0) is 11.3 Å². The third-order valence-corrected chi connectivity index (χ3v) is 2.31. The van der Waals surface area contributed by atoms with Crippen molar-refractivity contribution >= 4 is 6.09 Å². The molecule has 1 aliphatic rings. The number of benzene rings is 1. The van der Waals surface area contributed by atoms with E-state index < -0.39 is 6.09 Å². The van der Waals surface area contributed by atoms with Gasteiger partial charge in [-0.1, -0.05) is 30.9 Å². The van der Waals surface area contributed by atoms with Crippen LogP contribution in [0.3, 0.4) is 0 Å². The van der Waals surface area contributed by atoms with Crippen molar-refractivity contribution in [2.45, 2.75) is 6.54 Å². The van der Waals surface area contributed by atoms with Gasteiger partial charge in [0.05, 0.1) is 6.54 Å². The molecule has 88 valence electrons. The van der Waals surface area contributed by atoms with Gasteiger partial charge < -0.3 is 9.47 Å². The maximum Gasteiger partial charge on any atom is 0.414 e. The maximum absolute atomic E-state index is 11.7. The minimum atomic E-state index is -0.415. The molecular weight excluding hydrogens is 218 g/mol. The van der Waals surface area contributed by atoms with Crippen LogP contribution < -0.4 is 4.74 Å². The molecule has 1 amide bonds. The highest BCUT2D eigenvalue weighted by atomic mass is 16.6. The summed E-state index contributed by atoms with van der Waals surface area (Å²) in [5, 5.41) is 0. The van der Waals surface area contributed by atoms with Gasteiger partial charge in [-0.3, -0.25) is 4.90 Å². The fraction of sp³-hybridized carbons (Fsp3) is 0.154. The van der Waals surface area contributed by atoms with Crippen molar-refractivity contribution in [3.8, 4) is 5.75 Å². The molecule has 0 saturated carbocycles. The Hall–Kier alpha value is -2.23. The van der Waals surface area contributed by atoms with Crippen LogP contribution >= 0.6 is 0 Å². The number of para-hydroxylation sites is 1. The monoisotopic (exact) mass is 231 g/mol. The molecule has 0 spiro atoms. The molecule has 4 heteroatoms. The fourth-order valence-electron chi connectivity index (χ4n) is 1.50. The Morgan fingerprint density at radius 3 is 3.18 bits per heavy atom. The molecular formula is C13H13NO3. The molecule has 0 unspecified atom stereocenters. The molecule has 0 radical (unpaired) electrons. The number of ether oxygens (including phenoxy) is 2. The van der Waals surface area contributed by atoms with E-state index in [1.165, 1.54) is 17.2 Å². The van der Waals surface area contributed by atoms with Crippen molar-refractivity contribution in [2.75, 3.05) is 6.61 Å². The Kier molecular flexibility index (Phi) is 3.45. The number of fused-ring (bicyclic) bond motifs is 1. The summed E-state index contributed by atoms with van der Waals surface area (Å²) in [4.78, 5) is 13.1. The van der Waals surface area contributed by atoms with E-state index in [2.05, 4.69) is 6.58 Å². The fourth-order valence-corrected chi connectivity index (χ4v) is 1.50. The Morgan fingerprint density at radius 2 is 2.35 bits per heavy atom. The van der Waals surface area contributed by atoms with Crippen molar-refractivity contribution in [3.63, 3.8) is 0 Å². The van der Waals surface area contributed by atoms with Crippen molar-refractivity contribution in [2.24, 2.45) is 0 Å². The Morgan fingerprint density at radius 1 is 1.53 bits per heavy atom. The van der Waals surface area contributed by atoms with Gasteiger partial charge in [0.1, 0.15) is 18.6 Å². The van der Waals surface area contributed by atoms with E-state index in [0.29, 0.717) is 6.54 Å². The number of carbonyl (C=O) groups is 1. The highest BCUT2D eigenvalue weighted by Crippen LogP contribution is 2.23. The second-order valence-corrected chi connectivity index (χ2v) is 3.50. The number of nitrogens with zero attached hydrogens (tertiary/aromatic N) is 1. The van der Waals surface area contributed by atoms with Gasteiger partial charge >= 0.3 is 6.09 Å². The minimum absolute atomic E-state index is 0.200. The molecule has 0 saturated heterocycles. The first-order chi connectivity index (χ1) is 8.31. The lowest BCUT2D eigenvalue weighted by molar-refractivity contribution is 0.126. The van der Waals surface area contributed by atoms with Crippen LogP contribution in [0.15, 0.2) is 49.4 Å². The zero-order chi connectivity index (χ0) is 12.1. The quantitative estimate of drug-likeness (QED) is 0.734. The molecule has 1 aliphatic heterocycles. The number of carbonyl (C=O) groups excluding carboxylic acids is 1. The summed E-state index contributed by atoms with van der Waals surface area (Å²) in [5.41, 5.74) is 0.938. The summed E-state index contributed by atoms with van der Waals surface area (Å²) in [6.45, 7) is 4.13. The van der Waals surface area contributed by atoms with Crippen LogP contribution in [0.5, 0.6) is 5.75 Å². The third kappa shape index (κ3) is 2.66. The molecule has 0 fully saturated rings. The standard InChI is InChI=1S/C13H13NO3/c1-2-8-17-13(15)14-7-9-16-12-6-4-3-5-11(12)10-14/h2-7,9H,1,8,10H2. The number of hydrogen-bond acceptors (Lipinski definition) is 3. The van der Waals surface area contributed by atoms with Gasteiger partial charge in [-0.15, -0.1) is 0 Å². The Bertz CT molecular complexity index is 454. The van der Waals surface area contributed by atoms with E-state index in [1.807, 2.05) is 24.3 Å². The van der Waals surface area contributed by atoms with Crippen molar-refractivity contribution in [1.29, 1.82) is 0 Å². The van der Waals surface area contributed by atoms with Crippen LogP contribution in [0, 0.1) is 0 Å². The summed E-state index contributed by atoms with van der Waals surface area (Å²) >= 11 is 0. The Balaban J connectivity index is 2.12. The molecule has 17 heavy (non-hydrogen) atoms. The average molecular weight is 231 g/mol. The largest absolute Gasteiger partial charge is 0.463 e. The Labute approximate surface area is 99.7 Å². The van der Waals surface area contributed by atoms with Gasteiger partial charge in [-0.2, -0.15) is 0 Å². The van der Waals surface area contributed by atoms with E-state index in [-0.39, 0.29) is 6.61 Å². The molecule has 0 atom stereocenters. The molecule has 4 nitrogen and oxygen atoms in total. The van der Waals surface area contributed by atoms with Gasteiger partial charge in [0.15, 0.2) is 0 Å². The molecule has 1 aromatic carbocycles. The second kappa shape index (κ2) is 5.21. The van der Waals surface area contributed by atoms with E-state index in [1.54, 1.807) is 6.20 Å². The van der Waals surface area contributed by atoms with E-state index in [0.717, 1.165) is 11.3 Å². The van der Waals surface area contributed by atoms with E-state index >= 15 is 0 Å². The van der Waals surface area contributed by atoms with Crippen LogP contribution in [-0.4, -0.2) is 17.6 Å². The summed E-state index contributed by atoms with van der Waals surface area (Å²) in [5.74, 6) is 0.753. The summed E-state index contributed by atoms with van der Waals surface area (Å²) in [7, 11) is 0. The molecule has 0 aromatic heterocycles. The second-order valence-electron chi connectivity index (χ2n) is 3.50. The van der Waals surface area contributed by atoms with Gasteiger partial charge in [0.25, 0.3) is 0 Å².